The van der Waals surface area contributed by atoms with Crippen LogP contribution in [0.1, 0.15) is 57.6 Å². The van der Waals surface area contributed by atoms with Crippen molar-refractivity contribution in [3.05, 3.63) is 47.0 Å². The first kappa shape index (κ1) is 14.9. The zero-order valence-corrected chi connectivity index (χ0v) is 13.3. The smallest absolute Gasteiger partial charge is 0.0249 e. The predicted molar refractivity (Wildman–Crippen MR) is 87.6 cm³/mol. The summed E-state index contributed by atoms with van der Waals surface area (Å²) < 4.78 is 0. The molecule has 0 bridgehead atoms. The summed E-state index contributed by atoms with van der Waals surface area (Å²) in [5.74, 6) is 7.33. The molecule has 1 aliphatic carbocycles. The lowest BCUT2D eigenvalue weighted by atomic mass is 9.71. The average Bonchev–Trinajstić information content (AvgIpc) is 2.41. The number of benzene rings is 1. The molecule has 20 heavy (non-hydrogen) atoms. The van der Waals surface area contributed by atoms with Crippen LogP contribution in [-0.2, 0) is 0 Å². The van der Waals surface area contributed by atoms with E-state index in [0.29, 0.717) is 5.41 Å². The molecule has 0 saturated heterocycles. The Balaban J connectivity index is 1.93. The summed E-state index contributed by atoms with van der Waals surface area (Å²) in [7, 11) is 0. The third-order valence-electron chi connectivity index (χ3n) is 4.40. The van der Waals surface area contributed by atoms with Crippen molar-refractivity contribution in [2.75, 3.05) is 0 Å². The van der Waals surface area contributed by atoms with Crippen LogP contribution in [0.5, 0.6) is 0 Å². The van der Waals surface area contributed by atoms with Gasteiger partial charge in [-0.1, -0.05) is 55.9 Å². The van der Waals surface area contributed by atoms with Gasteiger partial charge in [0.25, 0.3) is 0 Å². The largest absolute Gasteiger partial charge is 0.0697 e. The number of hydrogen-bond acceptors (Lipinski definition) is 0. The Bertz CT molecular complexity index is 516. The Morgan fingerprint density at radius 1 is 1.05 bits per heavy atom. The zero-order chi connectivity index (χ0) is 14.6. The van der Waals surface area contributed by atoms with Gasteiger partial charge in [-0.2, -0.15) is 0 Å². The van der Waals surface area contributed by atoms with Crippen molar-refractivity contribution in [3.8, 4) is 11.8 Å². The number of allylic oxidation sites excluding steroid dienone is 2. The molecule has 1 fully saturated rings. The van der Waals surface area contributed by atoms with Crippen molar-refractivity contribution < 1.29 is 0 Å². The number of hydrogen-bond donors (Lipinski definition) is 0. The normalized spacial score (nSPS) is 19.2. The highest BCUT2D eigenvalue weighted by Gasteiger charge is 2.27. The van der Waals surface area contributed by atoms with Crippen molar-refractivity contribution in [3.63, 3.8) is 0 Å². The van der Waals surface area contributed by atoms with E-state index in [1.54, 1.807) is 0 Å². The summed E-state index contributed by atoms with van der Waals surface area (Å²) in [5.41, 5.74) is 4.38. The molecule has 1 aromatic carbocycles. The minimum Gasteiger partial charge on any atom is -0.0697 e. The van der Waals surface area contributed by atoms with Crippen molar-refractivity contribution in [2.24, 2.45) is 11.3 Å². The molecular formula is C20H26. The fourth-order valence-corrected chi connectivity index (χ4v) is 2.86. The molecule has 1 saturated carbocycles. The van der Waals surface area contributed by atoms with Crippen LogP contribution in [-0.4, -0.2) is 0 Å². The maximum Gasteiger partial charge on any atom is 0.0249 e. The van der Waals surface area contributed by atoms with Gasteiger partial charge in [0.2, 0.25) is 0 Å². The van der Waals surface area contributed by atoms with Gasteiger partial charge < -0.3 is 0 Å². The second-order valence-electron chi connectivity index (χ2n) is 7.08. The van der Waals surface area contributed by atoms with Gasteiger partial charge in [-0.25, -0.2) is 0 Å². The Hall–Kier alpha value is -1.48. The van der Waals surface area contributed by atoms with Gasteiger partial charge in [-0.3, -0.25) is 0 Å². The van der Waals surface area contributed by atoms with Crippen molar-refractivity contribution in [1.29, 1.82) is 0 Å². The van der Waals surface area contributed by atoms with E-state index in [1.807, 2.05) is 0 Å². The lowest BCUT2D eigenvalue weighted by molar-refractivity contribution is 0.197. The lowest BCUT2D eigenvalue weighted by Crippen LogP contribution is -2.23. The maximum atomic E-state index is 3.23. The molecule has 0 amide bonds. The predicted octanol–water partition coefficient (Wildman–Crippen LogP) is 5.51. The quantitative estimate of drug-likeness (QED) is 0.543. The third kappa shape index (κ3) is 4.27. The Kier molecular flexibility index (Phi) is 4.71. The average molecular weight is 266 g/mol. The van der Waals surface area contributed by atoms with E-state index in [1.165, 1.54) is 36.8 Å². The Morgan fingerprint density at radius 2 is 1.65 bits per heavy atom. The summed E-state index contributed by atoms with van der Waals surface area (Å²) in [6.07, 6.45) is 7.25. The molecule has 0 spiro atoms. The van der Waals surface area contributed by atoms with Crippen molar-refractivity contribution in [1.82, 2.24) is 0 Å². The van der Waals surface area contributed by atoms with Crippen LogP contribution in [0.25, 0.3) is 0 Å². The Morgan fingerprint density at radius 3 is 2.20 bits per heavy atom. The van der Waals surface area contributed by atoms with Gasteiger partial charge >= 0.3 is 0 Å². The molecule has 0 heterocycles. The highest BCUT2D eigenvalue weighted by molar-refractivity contribution is 5.39. The zero-order valence-electron chi connectivity index (χ0n) is 13.3. The SMILES string of the molecule is Cc1ccc(C#CC=C2CCC(C(C)(C)C)CC2)cc1. The van der Waals surface area contributed by atoms with Crippen LogP contribution in [0.15, 0.2) is 35.9 Å². The van der Waals surface area contributed by atoms with Crippen LogP contribution in [0, 0.1) is 30.1 Å². The van der Waals surface area contributed by atoms with Gasteiger partial charge in [0.05, 0.1) is 0 Å². The second kappa shape index (κ2) is 6.31. The minimum atomic E-state index is 0.457. The summed E-state index contributed by atoms with van der Waals surface area (Å²) >= 11 is 0. The molecule has 0 aliphatic heterocycles. The second-order valence-corrected chi connectivity index (χ2v) is 7.08. The summed E-state index contributed by atoms with van der Waals surface area (Å²) in [4.78, 5) is 0. The molecule has 2 rings (SSSR count). The highest BCUT2D eigenvalue weighted by Crippen LogP contribution is 2.39. The maximum absolute atomic E-state index is 3.23. The lowest BCUT2D eigenvalue weighted by Gasteiger charge is -2.34. The first-order valence-electron chi connectivity index (χ1n) is 7.71. The van der Waals surface area contributed by atoms with Gasteiger partial charge in [0.1, 0.15) is 0 Å². The highest BCUT2D eigenvalue weighted by atomic mass is 14.3. The molecule has 1 aromatic rings. The molecule has 0 N–H and O–H groups in total. The van der Waals surface area contributed by atoms with E-state index in [2.05, 4.69) is 69.9 Å². The van der Waals surface area contributed by atoms with Gasteiger partial charge in [0.15, 0.2) is 0 Å². The van der Waals surface area contributed by atoms with E-state index < -0.39 is 0 Å². The van der Waals surface area contributed by atoms with E-state index in [9.17, 15) is 0 Å². The third-order valence-corrected chi connectivity index (χ3v) is 4.40. The molecule has 0 atom stereocenters. The molecule has 0 heteroatoms. The van der Waals surface area contributed by atoms with Crippen LogP contribution in [0.4, 0.5) is 0 Å². The number of rotatable bonds is 0. The summed E-state index contributed by atoms with van der Waals surface area (Å²) in [5, 5.41) is 0. The molecule has 0 radical (unpaired) electrons. The van der Waals surface area contributed by atoms with E-state index in [-0.39, 0.29) is 0 Å². The van der Waals surface area contributed by atoms with Gasteiger partial charge in [-0.05, 0) is 62.1 Å². The monoisotopic (exact) mass is 266 g/mol. The van der Waals surface area contributed by atoms with Crippen LogP contribution in [0.3, 0.4) is 0 Å². The number of aryl methyl sites for hydroxylation is 1. The first-order chi connectivity index (χ1) is 9.45. The van der Waals surface area contributed by atoms with E-state index >= 15 is 0 Å². The van der Waals surface area contributed by atoms with Crippen LogP contribution in [0.2, 0.25) is 0 Å². The van der Waals surface area contributed by atoms with Gasteiger partial charge in [0, 0.05) is 5.56 Å². The summed E-state index contributed by atoms with van der Waals surface area (Å²) in [6.45, 7) is 9.20. The first-order valence-corrected chi connectivity index (χ1v) is 7.71. The van der Waals surface area contributed by atoms with Crippen LogP contribution < -0.4 is 0 Å². The van der Waals surface area contributed by atoms with E-state index in [0.717, 1.165) is 11.5 Å². The fraction of sp³-hybridized carbons (Fsp3) is 0.500. The van der Waals surface area contributed by atoms with Crippen molar-refractivity contribution in [2.45, 2.75) is 53.4 Å². The molecule has 0 nitrogen and oxygen atoms in total. The molecule has 1 aliphatic rings. The standard InChI is InChI=1S/C20H26/c1-16-8-10-17(11-9-16)6-5-7-18-12-14-19(15-13-18)20(2,3)4/h7-11,19H,12-15H2,1-4H3. The molecule has 0 unspecified atom stereocenters. The molecule has 0 aromatic heterocycles. The Labute approximate surface area is 124 Å². The van der Waals surface area contributed by atoms with E-state index in [4.69, 9.17) is 0 Å². The minimum absolute atomic E-state index is 0.457. The topological polar surface area (TPSA) is 0 Å². The molecular weight excluding hydrogens is 240 g/mol. The van der Waals surface area contributed by atoms with Gasteiger partial charge in [-0.15, -0.1) is 0 Å². The van der Waals surface area contributed by atoms with Crippen molar-refractivity contribution >= 4 is 0 Å². The van der Waals surface area contributed by atoms with Crippen LogP contribution >= 0.6 is 0 Å². The summed E-state index contributed by atoms with van der Waals surface area (Å²) in [6, 6.07) is 8.42. The fourth-order valence-electron chi connectivity index (χ4n) is 2.86. The molecule has 106 valence electrons.